The summed E-state index contributed by atoms with van der Waals surface area (Å²) in [5, 5.41) is 6.65. The van der Waals surface area contributed by atoms with Gasteiger partial charge in [0.1, 0.15) is 13.2 Å². The number of rotatable bonds is 2. The highest BCUT2D eigenvalue weighted by Crippen LogP contribution is 2.33. The molecule has 2 heterocycles. The van der Waals surface area contributed by atoms with Crippen molar-refractivity contribution in [1.29, 1.82) is 0 Å². The Morgan fingerprint density at radius 2 is 2.00 bits per heavy atom. The van der Waals surface area contributed by atoms with Crippen molar-refractivity contribution < 1.29 is 9.47 Å². The third kappa shape index (κ3) is 1.85. The average Bonchev–Trinajstić information content (AvgIpc) is 2.91. The molecule has 0 aliphatic carbocycles. The normalized spacial score (nSPS) is 15.6. The smallest absolute Gasteiger partial charge is 0.161 e. The predicted octanol–water partition coefficient (Wildman–Crippen LogP) is 1.23. The highest BCUT2D eigenvalue weighted by atomic mass is 16.6. The Morgan fingerprint density at radius 1 is 1.18 bits per heavy atom. The van der Waals surface area contributed by atoms with Gasteiger partial charge in [-0.15, -0.1) is 0 Å². The summed E-state index contributed by atoms with van der Waals surface area (Å²) in [7, 11) is 0. The number of nitrogens with one attached hydrogen (secondary N) is 1. The fourth-order valence-corrected chi connectivity index (χ4v) is 1.88. The Labute approximate surface area is 98.5 Å². The molecule has 5 nitrogen and oxygen atoms in total. The van der Waals surface area contributed by atoms with Crippen LogP contribution in [-0.2, 0) is 0 Å². The lowest BCUT2D eigenvalue weighted by Crippen LogP contribution is -2.17. The summed E-state index contributed by atoms with van der Waals surface area (Å²) in [5.74, 6) is 1.53. The van der Waals surface area contributed by atoms with Crippen molar-refractivity contribution in [1.82, 2.24) is 10.2 Å². The van der Waals surface area contributed by atoms with Crippen LogP contribution in [0.2, 0.25) is 0 Å². The zero-order valence-corrected chi connectivity index (χ0v) is 9.22. The molecule has 1 aromatic carbocycles. The molecule has 0 fully saturated rings. The molecule has 88 valence electrons. The van der Waals surface area contributed by atoms with Gasteiger partial charge in [0.25, 0.3) is 0 Å². The van der Waals surface area contributed by atoms with E-state index in [9.17, 15) is 0 Å². The number of ether oxygens (including phenoxy) is 2. The Balaban J connectivity index is 1.93. The van der Waals surface area contributed by atoms with Gasteiger partial charge in [0.05, 0.1) is 12.2 Å². The number of aromatic amines is 1. The highest BCUT2D eigenvalue weighted by Gasteiger charge is 2.16. The number of aromatic nitrogens is 2. The van der Waals surface area contributed by atoms with Crippen LogP contribution in [0.15, 0.2) is 30.6 Å². The summed E-state index contributed by atoms with van der Waals surface area (Å²) in [5.41, 5.74) is 8.07. The zero-order valence-electron chi connectivity index (χ0n) is 9.22. The van der Waals surface area contributed by atoms with Gasteiger partial charge in [-0.2, -0.15) is 5.10 Å². The molecule has 1 aliphatic rings. The van der Waals surface area contributed by atoms with Crippen LogP contribution in [-0.4, -0.2) is 23.4 Å². The van der Waals surface area contributed by atoms with E-state index < -0.39 is 0 Å². The lowest BCUT2D eigenvalue weighted by molar-refractivity contribution is 0.171. The topological polar surface area (TPSA) is 73.2 Å². The number of benzene rings is 1. The Morgan fingerprint density at radius 3 is 2.76 bits per heavy atom. The molecular formula is C12H13N3O2. The van der Waals surface area contributed by atoms with Crippen LogP contribution in [0, 0.1) is 0 Å². The van der Waals surface area contributed by atoms with Crippen LogP contribution in [0.25, 0.3) is 0 Å². The van der Waals surface area contributed by atoms with E-state index in [0.717, 1.165) is 22.6 Å². The minimum Gasteiger partial charge on any atom is -0.486 e. The van der Waals surface area contributed by atoms with E-state index in [1.54, 1.807) is 12.4 Å². The van der Waals surface area contributed by atoms with Crippen LogP contribution < -0.4 is 15.2 Å². The number of hydrogen-bond donors (Lipinski definition) is 2. The van der Waals surface area contributed by atoms with Gasteiger partial charge in [-0.25, -0.2) is 0 Å². The third-order valence-electron chi connectivity index (χ3n) is 2.80. The second-order valence-corrected chi connectivity index (χ2v) is 3.91. The Bertz CT molecular complexity index is 510. The molecular weight excluding hydrogens is 218 g/mol. The Kier molecular flexibility index (Phi) is 2.45. The number of fused-ring (bicyclic) bond motifs is 1. The van der Waals surface area contributed by atoms with Gasteiger partial charge in [0.2, 0.25) is 0 Å². The van der Waals surface area contributed by atoms with Gasteiger partial charge in [0.15, 0.2) is 11.5 Å². The van der Waals surface area contributed by atoms with Crippen LogP contribution in [0.5, 0.6) is 11.5 Å². The second kappa shape index (κ2) is 4.10. The van der Waals surface area contributed by atoms with Crippen LogP contribution in [0.1, 0.15) is 17.2 Å². The molecule has 0 amide bonds. The van der Waals surface area contributed by atoms with Crippen molar-refractivity contribution in [3.05, 3.63) is 41.7 Å². The molecule has 1 aromatic heterocycles. The van der Waals surface area contributed by atoms with Crippen LogP contribution in [0.3, 0.4) is 0 Å². The van der Waals surface area contributed by atoms with E-state index in [4.69, 9.17) is 15.2 Å². The molecule has 0 saturated carbocycles. The van der Waals surface area contributed by atoms with Crippen molar-refractivity contribution in [2.75, 3.05) is 13.2 Å². The predicted molar refractivity (Wildman–Crippen MR) is 62.1 cm³/mol. The number of H-pyrrole nitrogens is 1. The number of hydrogen-bond acceptors (Lipinski definition) is 4. The first-order chi connectivity index (χ1) is 8.34. The minimum absolute atomic E-state index is 0.204. The van der Waals surface area contributed by atoms with E-state index in [2.05, 4.69) is 10.2 Å². The molecule has 2 aromatic rings. The molecule has 0 radical (unpaired) electrons. The fraction of sp³-hybridized carbons (Fsp3) is 0.250. The highest BCUT2D eigenvalue weighted by molar-refractivity contribution is 5.46. The maximum atomic E-state index is 6.14. The molecule has 0 bridgehead atoms. The summed E-state index contributed by atoms with van der Waals surface area (Å²) in [6.45, 7) is 1.18. The minimum atomic E-state index is -0.204. The van der Waals surface area contributed by atoms with E-state index in [-0.39, 0.29) is 6.04 Å². The molecule has 1 atom stereocenters. The van der Waals surface area contributed by atoms with E-state index in [1.807, 2.05) is 18.2 Å². The molecule has 0 spiro atoms. The summed E-state index contributed by atoms with van der Waals surface area (Å²) >= 11 is 0. The van der Waals surface area contributed by atoms with Crippen LogP contribution in [0.4, 0.5) is 0 Å². The van der Waals surface area contributed by atoms with Gasteiger partial charge in [0, 0.05) is 11.8 Å². The average molecular weight is 231 g/mol. The zero-order chi connectivity index (χ0) is 11.7. The van der Waals surface area contributed by atoms with Crippen LogP contribution >= 0.6 is 0 Å². The molecule has 17 heavy (non-hydrogen) atoms. The Hall–Kier alpha value is -2.01. The van der Waals surface area contributed by atoms with Gasteiger partial charge < -0.3 is 15.2 Å². The molecule has 1 aliphatic heterocycles. The second-order valence-electron chi connectivity index (χ2n) is 3.91. The van der Waals surface area contributed by atoms with Gasteiger partial charge in [-0.05, 0) is 17.7 Å². The van der Waals surface area contributed by atoms with E-state index in [1.165, 1.54) is 0 Å². The monoisotopic (exact) mass is 231 g/mol. The first kappa shape index (κ1) is 10.2. The quantitative estimate of drug-likeness (QED) is 0.815. The molecule has 5 heteroatoms. The fourth-order valence-electron chi connectivity index (χ4n) is 1.88. The number of nitrogens with zero attached hydrogens (tertiary/aromatic N) is 1. The maximum absolute atomic E-state index is 6.14. The third-order valence-corrected chi connectivity index (χ3v) is 2.80. The van der Waals surface area contributed by atoms with Gasteiger partial charge >= 0.3 is 0 Å². The molecule has 3 rings (SSSR count). The van der Waals surface area contributed by atoms with Crippen molar-refractivity contribution >= 4 is 0 Å². The van der Waals surface area contributed by atoms with Crippen molar-refractivity contribution in [3.63, 3.8) is 0 Å². The summed E-state index contributed by atoms with van der Waals surface area (Å²) in [4.78, 5) is 0. The maximum Gasteiger partial charge on any atom is 0.161 e. The first-order valence-corrected chi connectivity index (χ1v) is 5.48. The van der Waals surface area contributed by atoms with Crippen molar-refractivity contribution in [2.24, 2.45) is 5.73 Å². The van der Waals surface area contributed by atoms with E-state index >= 15 is 0 Å². The van der Waals surface area contributed by atoms with E-state index in [0.29, 0.717) is 13.2 Å². The lowest BCUT2D eigenvalue weighted by atomic mass is 10.0. The first-order valence-electron chi connectivity index (χ1n) is 5.48. The summed E-state index contributed by atoms with van der Waals surface area (Å²) in [6, 6.07) is 5.56. The molecule has 0 saturated heterocycles. The van der Waals surface area contributed by atoms with Gasteiger partial charge in [-0.1, -0.05) is 6.07 Å². The lowest BCUT2D eigenvalue weighted by Gasteiger charge is -2.20. The van der Waals surface area contributed by atoms with Gasteiger partial charge in [-0.3, -0.25) is 5.10 Å². The standard InChI is InChI=1S/C12H13N3O2/c13-12(9-6-14-15-7-9)8-1-2-10-11(5-8)17-4-3-16-10/h1-2,5-7,12H,3-4,13H2,(H,14,15). The van der Waals surface area contributed by atoms with Crippen molar-refractivity contribution in [2.45, 2.75) is 6.04 Å². The number of nitrogens with two attached hydrogens (primary N) is 1. The van der Waals surface area contributed by atoms with Crippen molar-refractivity contribution in [3.8, 4) is 11.5 Å². The summed E-state index contributed by atoms with van der Waals surface area (Å²) < 4.78 is 11.0. The molecule has 3 N–H and O–H groups in total. The SMILES string of the molecule is NC(c1cn[nH]c1)c1ccc2c(c1)OCCO2. The largest absolute Gasteiger partial charge is 0.486 e. The molecule has 1 unspecified atom stereocenters. The summed E-state index contributed by atoms with van der Waals surface area (Å²) in [6.07, 6.45) is 3.52.